The number of carbonyl (C=O) groups is 6. The molecule has 2 aliphatic rings. The molecule has 1 saturated carbocycles. The van der Waals surface area contributed by atoms with Crippen LogP contribution in [-0.2, 0) is 39.9 Å². The van der Waals surface area contributed by atoms with Crippen LogP contribution in [0, 0.1) is 11.8 Å². The standard InChI is InChI=1S/C37H53N9O7/c1-21(2)17-27(33(49)44-45-39)41-35(51)31(22-11-6-7-12-22)43-34(50)29-15-10-16-46(29)36(52)28(19-30(47)53-37(3,4)5)42-32(48)25(38)18-23-20-40-26-14-9-8-13-24(23)26/h8-9,13-14,20-22,25,27-29,31,40H,6-7,10-12,15-19,38H2,1-5H3,(H,41,51)(H,42,48)(H,43,50)/t25-,27+,28-,29+,31-/m1/s1. The minimum absolute atomic E-state index is 0.00656. The molecule has 5 atom stereocenters. The predicted molar refractivity (Wildman–Crippen MR) is 197 cm³/mol. The van der Waals surface area contributed by atoms with E-state index in [-0.39, 0.29) is 37.6 Å². The minimum Gasteiger partial charge on any atom is -0.460 e. The molecular weight excluding hydrogens is 682 g/mol. The van der Waals surface area contributed by atoms with Gasteiger partial charge in [0.05, 0.1) is 18.5 Å². The zero-order chi connectivity index (χ0) is 38.9. The summed E-state index contributed by atoms with van der Waals surface area (Å²) in [6.45, 7) is 8.96. The van der Waals surface area contributed by atoms with Crippen molar-refractivity contribution in [1.82, 2.24) is 25.8 Å². The van der Waals surface area contributed by atoms with Crippen LogP contribution in [0.1, 0.15) is 91.5 Å². The number of nitrogens with two attached hydrogens (primary N) is 1. The van der Waals surface area contributed by atoms with Gasteiger partial charge in [0.25, 0.3) is 0 Å². The summed E-state index contributed by atoms with van der Waals surface area (Å²) >= 11 is 0. The van der Waals surface area contributed by atoms with Crippen molar-refractivity contribution in [3.05, 3.63) is 46.5 Å². The highest BCUT2D eigenvalue weighted by atomic mass is 16.6. The molecule has 0 radical (unpaired) electrons. The van der Waals surface area contributed by atoms with Crippen molar-refractivity contribution in [2.24, 2.45) is 22.7 Å². The first-order valence-electron chi connectivity index (χ1n) is 18.4. The van der Waals surface area contributed by atoms with Crippen LogP contribution < -0.4 is 21.7 Å². The number of H-pyrrole nitrogens is 1. The molecule has 5 amide bonds. The maximum Gasteiger partial charge on any atom is 0.308 e. The number of ether oxygens (including phenoxy) is 1. The molecule has 6 N–H and O–H groups in total. The Balaban J connectivity index is 1.52. The number of rotatable bonds is 15. The number of amides is 5. The molecule has 2 heterocycles. The Morgan fingerprint density at radius 2 is 1.68 bits per heavy atom. The summed E-state index contributed by atoms with van der Waals surface area (Å²) in [6.07, 6.45) is 5.50. The number of hydrogen-bond donors (Lipinski definition) is 5. The summed E-state index contributed by atoms with van der Waals surface area (Å²) in [5, 5.41) is 12.3. The second kappa shape index (κ2) is 18.2. The van der Waals surface area contributed by atoms with E-state index in [4.69, 9.17) is 16.0 Å². The number of nitrogens with one attached hydrogen (secondary N) is 4. The maximum atomic E-state index is 14.2. The lowest BCUT2D eigenvalue weighted by Crippen LogP contribution is -2.59. The smallest absolute Gasteiger partial charge is 0.308 e. The first-order chi connectivity index (χ1) is 25.1. The topological polar surface area (TPSA) is 242 Å². The summed E-state index contributed by atoms with van der Waals surface area (Å²) in [6, 6.07) is 2.08. The molecule has 0 spiro atoms. The summed E-state index contributed by atoms with van der Waals surface area (Å²) in [4.78, 5) is 87.9. The fourth-order valence-corrected chi connectivity index (χ4v) is 7.17. The minimum atomic E-state index is -1.38. The van der Waals surface area contributed by atoms with Crippen molar-refractivity contribution in [3.63, 3.8) is 0 Å². The number of hydrogen-bond acceptors (Lipinski definition) is 8. The van der Waals surface area contributed by atoms with Gasteiger partial charge in [0.1, 0.15) is 23.7 Å². The van der Waals surface area contributed by atoms with Gasteiger partial charge >= 0.3 is 5.97 Å². The number of aromatic nitrogens is 1. The fraction of sp³-hybridized carbons (Fsp3) is 0.622. The van der Waals surface area contributed by atoms with Crippen LogP contribution in [0.25, 0.3) is 21.3 Å². The van der Waals surface area contributed by atoms with Crippen LogP contribution in [0.15, 0.2) is 35.6 Å². The van der Waals surface area contributed by atoms with Gasteiger partial charge in [-0.15, -0.1) is 0 Å². The zero-order valence-electron chi connectivity index (χ0n) is 31.2. The SMILES string of the molecule is CC(C)C[C@H](NC(=O)[C@H](NC(=O)[C@@H]1CCCN1C(=O)[C@@H](CC(=O)OC(C)(C)C)NC(=O)[C@H](N)Cc1c[nH]c2ccccc12)C1CCCC1)C(=O)N=[N+]=[N-]. The second-order valence-corrected chi connectivity index (χ2v) is 15.5. The third-order valence-corrected chi connectivity index (χ3v) is 9.61. The molecule has 1 aromatic carbocycles. The van der Waals surface area contributed by atoms with E-state index in [1.165, 1.54) is 4.90 Å². The molecule has 53 heavy (non-hydrogen) atoms. The van der Waals surface area contributed by atoms with E-state index < -0.39 is 77.7 Å². The Morgan fingerprint density at radius 3 is 2.34 bits per heavy atom. The molecule has 1 aliphatic heterocycles. The number of aromatic amines is 1. The second-order valence-electron chi connectivity index (χ2n) is 15.5. The molecule has 2 aromatic rings. The van der Waals surface area contributed by atoms with Gasteiger partial charge in [-0.2, -0.15) is 0 Å². The highest BCUT2D eigenvalue weighted by Crippen LogP contribution is 2.29. The number of para-hydroxylation sites is 1. The number of nitrogens with zero attached hydrogens (tertiary/aromatic N) is 4. The van der Waals surface area contributed by atoms with E-state index >= 15 is 0 Å². The molecular formula is C37H53N9O7. The van der Waals surface area contributed by atoms with E-state index in [2.05, 4.69) is 31.0 Å². The lowest BCUT2D eigenvalue weighted by molar-refractivity contribution is -0.157. The first-order valence-corrected chi connectivity index (χ1v) is 18.4. The van der Waals surface area contributed by atoms with Gasteiger partial charge < -0.3 is 36.3 Å². The molecule has 0 bridgehead atoms. The highest BCUT2D eigenvalue weighted by Gasteiger charge is 2.42. The molecule has 1 aromatic heterocycles. The summed E-state index contributed by atoms with van der Waals surface area (Å²) in [5.74, 6) is -4.20. The van der Waals surface area contributed by atoms with E-state index in [0.29, 0.717) is 19.3 Å². The Hall–Kier alpha value is -4.95. The average molecular weight is 736 g/mol. The van der Waals surface area contributed by atoms with Crippen LogP contribution >= 0.6 is 0 Å². The van der Waals surface area contributed by atoms with Crippen molar-refractivity contribution in [2.75, 3.05) is 6.54 Å². The fourth-order valence-electron chi connectivity index (χ4n) is 7.17. The van der Waals surface area contributed by atoms with Gasteiger partial charge in [0.2, 0.25) is 29.5 Å². The molecule has 16 nitrogen and oxygen atoms in total. The van der Waals surface area contributed by atoms with Crippen LogP contribution in [0.3, 0.4) is 0 Å². The maximum absolute atomic E-state index is 14.2. The number of likely N-dealkylation sites (tertiary alicyclic amines) is 1. The largest absolute Gasteiger partial charge is 0.460 e. The lowest BCUT2D eigenvalue weighted by Gasteiger charge is -2.32. The quantitative estimate of drug-likeness (QED) is 0.0785. The molecule has 2 fully saturated rings. The Morgan fingerprint density at radius 1 is 1.00 bits per heavy atom. The van der Waals surface area contributed by atoms with Gasteiger partial charge in [0.15, 0.2) is 0 Å². The molecule has 288 valence electrons. The van der Waals surface area contributed by atoms with E-state index in [9.17, 15) is 28.8 Å². The van der Waals surface area contributed by atoms with Gasteiger partial charge in [-0.05, 0) is 93.4 Å². The van der Waals surface area contributed by atoms with Gasteiger partial charge in [-0.25, -0.2) is 0 Å². The van der Waals surface area contributed by atoms with Crippen LogP contribution in [-0.4, -0.2) is 87.7 Å². The number of azide groups is 1. The van der Waals surface area contributed by atoms with Crippen LogP contribution in [0.5, 0.6) is 0 Å². The van der Waals surface area contributed by atoms with Crippen molar-refractivity contribution < 1.29 is 33.5 Å². The monoisotopic (exact) mass is 735 g/mol. The van der Waals surface area contributed by atoms with Crippen LogP contribution in [0.4, 0.5) is 0 Å². The molecule has 0 unspecified atom stereocenters. The third kappa shape index (κ3) is 11.3. The molecule has 1 aliphatic carbocycles. The average Bonchev–Trinajstić information content (AvgIpc) is 3.87. The summed E-state index contributed by atoms with van der Waals surface area (Å²) in [5.41, 5.74) is 16.0. The third-order valence-electron chi connectivity index (χ3n) is 9.61. The first kappa shape index (κ1) is 40.8. The van der Waals surface area contributed by atoms with E-state index in [0.717, 1.165) is 29.3 Å². The van der Waals surface area contributed by atoms with Gasteiger partial charge in [-0.3, -0.25) is 28.8 Å². The Kier molecular flexibility index (Phi) is 14.0. The number of esters is 1. The van der Waals surface area contributed by atoms with Crippen molar-refractivity contribution in [2.45, 2.75) is 128 Å². The normalized spacial score (nSPS) is 18.5. The zero-order valence-corrected chi connectivity index (χ0v) is 31.2. The van der Waals surface area contributed by atoms with Gasteiger partial charge in [-0.1, -0.05) is 44.9 Å². The Labute approximate surface area is 309 Å². The predicted octanol–water partition coefficient (Wildman–Crippen LogP) is 3.29. The van der Waals surface area contributed by atoms with Crippen LogP contribution in [0.2, 0.25) is 0 Å². The molecule has 4 rings (SSSR count). The van der Waals surface area contributed by atoms with Crippen molar-refractivity contribution in [3.8, 4) is 0 Å². The molecule has 1 saturated heterocycles. The van der Waals surface area contributed by atoms with Crippen molar-refractivity contribution in [1.29, 1.82) is 0 Å². The van der Waals surface area contributed by atoms with Crippen molar-refractivity contribution >= 4 is 46.4 Å². The summed E-state index contributed by atoms with van der Waals surface area (Å²) < 4.78 is 5.48. The van der Waals surface area contributed by atoms with E-state index in [1.807, 2.05) is 38.1 Å². The molecule has 16 heteroatoms. The number of benzene rings is 1. The highest BCUT2D eigenvalue weighted by molar-refractivity contribution is 5.97. The Bertz CT molecular complexity index is 1710. The van der Waals surface area contributed by atoms with Gasteiger partial charge in [0, 0.05) is 28.6 Å². The number of carbonyl (C=O) groups excluding carboxylic acids is 6. The van der Waals surface area contributed by atoms with E-state index in [1.54, 1.807) is 27.0 Å². The number of fused-ring (bicyclic) bond motifs is 1. The summed E-state index contributed by atoms with van der Waals surface area (Å²) in [7, 11) is 0. The lowest BCUT2D eigenvalue weighted by atomic mass is 9.95.